The molecule has 4 aromatic carbocycles. The van der Waals surface area contributed by atoms with Crippen molar-refractivity contribution in [3.05, 3.63) is 120 Å². The van der Waals surface area contributed by atoms with Crippen LogP contribution in [0.25, 0.3) is 0 Å². The Morgan fingerprint density at radius 3 is 1.26 bits per heavy atom. The van der Waals surface area contributed by atoms with E-state index in [4.69, 9.17) is 18.9 Å². The second-order valence-electron chi connectivity index (χ2n) is 11.1. The molecule has 5 rings (SSSR count). The lowest BCUT2D eigenvalue weighted by atomic mass is 9.82. The molecule has 8 heteroatoms. The summed E-state index contributed by atoms with van der Waals surface area (Å²) in [5, 5.41) is 0. The van der Waals surface area contributed by atoms with Gasteiger partial charge >= 0.3 is 11.9 Å². The summed E-state index contributed by atoms with van der Waals surface area (Å²) in [6, 6.07) is 35.4. The quantitative estimate of drug-likeness (QED) is 0.0514. The summed E-state index contributed by atoms with van der Waals surface area (Å²) in [7, 11) is 0. The van der Waals surface area contributed by atoms with Gasteiger partial charge in [-0.3, -0.25) is 9.59 Å². The maximum atomic E-state index is 12.8. The number of ether oxygens (including phenoxy) is 4. The smallest absolute Gasteiger partial charge is 0.314 e. The molecule has 0 unspecified atom stereocenters. The van der Waals surface area contributed by atoms with Gasteiger partial charge in [0.05, 0.1) is 38.3 Å². The number of benzene rings is 4. The summed E-state index contributed by atoms with van der Waals surface area (Å²) in [6.07, 6.45) is 2.43. The molecule has 0 amide bonds. The van der Waals surface area contributed by atoms with Crippen molar-refractivity contribution < 1.29 is 28.5 Å². The summed E-state index contributed by atoms with van der Waals surface area (Å²) >= 11 is 3.41. The highest BCUT2D eigenvalue weighted by Crippen LogP contribution is 2.32. The summed E-state index contributed by atoms with van der Waals surface area (Å²) < 4.78 is 22.8. The van der Waals surface area contributed by atoms with Gasteiger partial charge in [0, 0.05) is 21.3 Å². The molecule has 0 radical (unpaired) electrons. The monoisotopic (exact) mass is 656 g/mol. The summed E-state index contributed by atoms with van der Waals surface area (Å²) in [6.45, 7) is 2.54. The van der Waals surface area contributed by atoms with Gasteiger partial charge in [-0.2, -0.15) is 0 Å². The molecule has 240 valence electrons. The van der Waals surface area contributed by atoms with Crippen molar-refractivity contribution in [3.63, 3.8) is 0 Å². The summed E-state index contributed by atoms with van der Waals surface area (Å²) in [5.74, 6) is 1.86. The number of hydrogen-bond acceptors (Lipinski definition) is 8. The molecule has 0 saturated heterocycles. The number of thioether (sulfide) groups is 2. The molecule has 0 N–H and O–H groups in total. The van der Waals surface area contributed by atoms with Crippen LogP contribution in [0.1, 0.15) is 36.8 Å². The fourth-order valence-electron chi connectivity index (χ4n) is 5.14. The van der Waals surface area contributed by atoms with Crippen LogP contribution in [0.2, 0.25) is 0 Å². The molecule has 1 saturated carbocycles. The number of carbonyl (C=O) groups excluding carboxylic acids is 2. The first-order valence-corrected chi connectivity index (χ1v) is 17.7. The summed E-state index contributed by atoms with van der Waals surface area (Å²) in [5.41, 5.74) is 2.33. The Bertz CT molecular complexity index is 1360. The molecular formula is C38H40O6S2. The number of esters is 2. The molecule has 0 heterocycles. The SMILES string of the molecule is O=C(Oc1ccc(SCCOCc2ccccc2)cc1)[C@H]1CC[C@H](C(=O)Oc2ccc(SCCOCc3ccccc3)cc2)CC1. The van der Waals surface area contributed by atoms with Gasteiger partial charge in [-0.15, -0.1) is 23.5 Å². The van der Waals surface area contributed by atoms with Gasteiger partial charge in [0.2, 0.25) is 0 Å². The lowest BCUT2D eigenvalue weighted by molar-refractivity contribution is -0.145. The first-order valence-electron chi connectivity index (χ1n) is 15.7. The van der Waals surface area contributed by atoms with Crippen molar-refractivity contribution in [2.75, 3.05) is 24.7 Å². The van der Waals surface area contributed by atoms with E-state index in [2.05, 4.69) is 24.3 Å². The van der Waals surface area contributed by atoms with Crippen molar-refractivity contribution in [1.29, 1.82) is 0 Å². The Labute approximate surface area is 280 Å². The van der Waals surface area contributed by atoms with Gasteiger partial charge in [0.1, 0.15) is 11.5 Å². The standard InChI is InChI=1S/C38H40O6S2/c39-37(43-33-15-19-35(20-16-33)45-25-23-41-27-29-7-3-1-4-8-29)31-11-13-32(14-12-31)38(40)44-34-17-21-36(22-18-34)46-26-24-42-28-30-9-5-2-6-10-30/h1-10,15-22,31-32H,11-14,23-28H2/t31-,32-. The Balaban J connectivity index is 0.943. The first kappa shape index (κ1) is 33.8. The van der Waals surface area contributed by atoms with Crippen LogP contribution in [-0.4, -0.2) is 36.7 Å². The first-order chi connectivity index (χ1) is 22.6. The molecule has 6 nitrogen and oxygen atoms in total. The molecule has 0 aliphatic heterocycles. The van der Waals surface area contributed by atoms with Crippen molar-refractivity contribution in [3.8, 4) is 11.5 Å². The molecule has 1 fully saturated rings. The zero-order valence-electron chi connectivity index (χ0n) is 25.9. The van der Waals surface area contributed by atoms with Gasteiger partial charge < -0.3 is 18.9 Å². The van der Waals surface area contributed by atoms with Gasteiger partial charge in [-0.05, 0) is 85.3 Å². The lowest BCUT2D eigenvalue weighted by Crippen LogP contribution is -2.30. The molecule has 0 bridgehead atoms. The van der Waals surface area contributed by atoms with E-state index in [1.807, 2.05) is 84.9 Å². The molecule has 0 spiro atoms. The molecular weight excluding hydrogens is 617 g/mol. The van der Waals surface area contributed by atoms with E-state index in [0.29, 0.717) is 63.6 Å². The van der Waals surface area contributed by atoms with Crippen LogP contribution < -0.4 is 9.47 Å². The highest BCUT2D eigenvalue weighted by Gasteiger charge is 2.32. The van der Waals surface area contributed by atoms with Crippen LogP contribution in [0.4, 0.5) is 0 Å². The van der Waals surface area contributed by atoms with E-state index in [-0.39, 0.29) is 23.8 Å². The second kappa shape index (κ2) is 18.6. The maximum absolute atomic E-state index is 12.8. The van der Waals surface area contributed by atoms with Gasteiger partial charge in [-0.25, -0.2) is 0 Å². The minimum atomic E-state index is -0.236. The second-order valence-corrected chi connectivity index (χ2v) is 13.4. The van der Waals surface area contributed by atoms with Crippen LogP contribution in [0.15, 0.2) is 119 Å². The third-order valence-electron chi connectivity index (χ3n) is 7.69. The van der Waals surface area contributed by atoms with Crippen LogP contribution in [-0.2, 0) is 32.3 Å². The van der Waals surface area contributed by atoms with E-state index in [1.54, 1.807) is 23.5 Å². The zero-order chi connectivity index (χ0) is 31.8. The Morgan fingerprint density at radius 1 is 0.522 bits per heavy atom. The van der Waals surface area contributed by atoms with Crippen molar-refractivity contribution in [1.82, 2.24) is 0 Å². The van der Waals surface area contributed by atoms with E-state index < -0.39 is 0 Å². The Morgan fingerprint density at radius 2 is 0.891 bits per heavy atom. The number of hydrogen-bond donors (Lipinski definition) is 0. The number of carbonyl (C=O) groups is 2. The highest BCUT2D eigenvalue weighted by atomic mass is 32.2. The third kappa shape index (κ3) is 11.4. The molecule has 1 aliphatic carbocycles. The van der Waals surface area contributed by atoms with Crippen LogP contribution in [0, 0.1) is 11.8 Å². The predicted octanol–water partition coefficient (Wildman–Crippen LogP) is 8.62. The molecule has 1 aliphatic rings. The molecule has 0 aromatic heterocycles. The van der Waals surface area contributed by atoms with Crippen molar-refractivity contribution >= 4 is 35.5 Å². The minimum Gasteiger partial charge on any atom is -0.426 e. The van der Waals surface area contributed by atoms with E-state index in [0.717, 1.165) is 21.3 Å². The van der Waals surface area contributed by atoms with Crippen LogP contribution in [0.5, 0.6) is 11.5 Å². The normalized spacial score (nSPS) is 16.1. The zero-order valence-corrected chi connectivity index (χ0v) is 27.5. The third-order valence-corrected chi connectivity index (χ3v) is 9.65. The highest BCUT2D eigenvalue weighted by molar-refractivity contribution is 7.99. The predicted molar refractivity (Wildman–Crippen MR) is 183 cm³/mol. The van der Waals surface area contributed by atoms with Crippen molar-refractivity contribution in [2.45, 2.75) is 48.7 Å². The van der Waals surface area contributed by atoms with Gasteiger partial charge in [-0.1, -0.05) is 60.7 Å². The van der Waals surface area contributed by atoms with Crippen molar-refractivity contribution in [2.24, 2.45) is 11.8 Å². The fourth-order valence-corrected chi connectivity index (χ4v) is 6.67. The molecule has 46 heavy (non-hydrogen) atoms. The minimum absolute atomic E-state index is 0.215. The number of rotatable bonds is 16. The molecule has 4 aromatic rings. The lowest BCUT2D eigenvalue weighted by Gasteiger charge is -2.25. The Kier molecular flexibility index (Phi) is 13.6. The van der Waals surface area contributed by atoms with E-state index in [1.165, 1.54) is 11.1 Å². The van der Waals surface area contributed by atoms with E-state index in [9.17, 15) is 9.59 Å². The van der Waals surface area contributed by atoms with Gasteiger partial charge in [0.25, 0.3) is 0 Å². The topological polar surface area (TPSA) is 71.1 Å². The average molecular weight is 657 g/mol. The van der Waals surface area contributed by atoms with Crippen LogP contribution >= 0.6 is 23.5 Å². The molecule has 0 atom stereocenters. The van der Waals surface area contributed by atoms with E-state index >= 15 is 0 Å². The maximum Gasteiger partial charge on any atom is 0.314 e. The fraction of sp³-hybridized carbons (Fsp3) is 0.316. The van der Waals surface area contributed by atoms with Gasteiger partial charge in [0.15, 0.2) is 0 Å². The Hall–Kier alpha value is -3.56. The van der Waals surface area contributed by atoms with Crippen LogP contribution in [0.3, 0.4) is 0 Å². The average Bonchev–Trinajstić information content (AvgIpc) is 3.10. The summed E-state index contributed by atoms with van der Waals surface area (Å²) in [4.78, 5) is 27.8. The largest absolute Gasteiger partial charge is 0.426 e.